The summed E-state index contributed by atoms with van der Waals surface area (Å²) >= 11 is 0. The quantitative estimate of drug-likeness (QED) is 0.431. The molecule has 1 aromatic heterocycles. The number of aromatic hydroxyl groups is 1. The van der Waals surface area contributed by atoms with E-state index in [1.807, 2.05) is 29.2 Å². The molecule has 0 radical (unpaired) electrons. The second kappa shape index (κ2) is 10.2. The third kappa shape index (κ3) is 4.46. The van der Waals surface area contributed by atoms with Gasteiger partial charge in [0.1, 0.15) is 17.1 Å². The van der Waals surface area contributed by atoms with Gasteiger partial charge in [0.05, 0.1) is 19.8 Å². The molecule has 1 aliphatic heterocycles. The van der Waals surface area contributed by atoms with Crippen LogP contribution in [0, 0.1) is 5.92 Å². The van der Waals surface area contributed by atoms with Gasteiger partial charge in [-0.3, -0.25) is 9.89 Å². The molecule has 8 nitrogen and oxygen atoms in total. The summed E-state index contributed by atoms with van der Waals surface area (Å²) in [6, 6.07) is 12.3. The molecule has 2 N–H and O–H groups in total. The van der Waals surface area contributed by atoms with Gasteiger partial charge in [-0.2, -0.15) is 5.10 Å². The van der Waals surface area contributed by atoms with Crippen molar-refractivity contribution in [2.75, 3.05) is 34.0 Å². The number of H-pyrrole nitrogens is 1. The Morgan fingerprint density at radius 2 is 1.94 bits per heavy atom. The number of carbonyl (C=O) groups is 1. The lowest BCUT2D eigenvalue weighted by molar-refractivity contribution is 0.0723. The maximum Gasteiger partial charge on any atom is 0.273 e. The normalized spacial score (nSPS) is 15.1. The van der Waals surface area contributed by atoms with Crippen LogP contribution in [-0.2, 0) is 4.74 Å². The monoisotopic (exact) mass is 465 g/mol. The molecule has 2 heterocycles. The summed E-state index contributed by atoms with van der Waals surface area (Å²) in [5.74, 6) is 1.61. The molecule has 3 aromatic rings. The summed E-state index contributed by atoms with van der Waals surface area (Å²) in [6.07, 6.45) is 0.690. The van der Waals surface area contributed by atoms with Crippen LogP contribution < -0.4 is 9.47 Å². The highest BCUT2D eigenvalue weighted by atomic mass is 16.5. The highest BCUT2D eigenvalue weighted by Crippen LogP contribution is 2.45. The number of carbonyl (C=O) groups excluding carboxylic acids is 1. The molecule has 4 rings (SSSR count). The number of amides is 1. The largest absolute Gasteiger partial charge is 0.507 e. The molecule has 0 fully saturated rings. The number of nitrogens with one attached hydrogen (secondary N) is 1. The molecule has 34 heavy (non-hydrogen) atoms. The molecule has 0 spiro atoms. The van der Waals surface area contributed by atoms with Crippen LogP contribution in [0.4, 0.5) is 0 Å². The summed E-state index contributed by atoms with van der Waals surface area (Å²) in [6.45, 7) is 5.80. The first-order valence-electron chi connectivity index (χ1n) is 11.4. The van der Waals surface area contributed by atoms with Gasteiger partial charge >= 0.3 is 0 Å². The number of fused-ring (bicyclic) bond motifs is 1. The van der Waals surface area contributed by atoms with E-state index in [1.165, 1.54) is 0 Å². The van der Waals surface area contributed by atoms with E-state index in [1.54, 1.807) is 32.4 Å². The molecule has 2 aromatic carbocycles. The number of hydrogen-bond acceptors (Lipinski definition) is 6. The zero-order valence-corrected chi connectivity index (χ0v) is 20.0. The van der Waals surface area contributed by atoms with Crippen LogP contribution in [0.5, 0.6) is 17.2 Å². The average Bonchev–Trinajstić information content (AvgIpc) is 3.37. The minimum atomic E-state index is -0.402. The number of rotatable bonds is 10. The Hall–Kier alpha value is -3.52. The molecular formula is C26H31N3O5. The van der Waals surface area contributed by atoms with Crippen LogP contribution in [0.3, 0.4) is 0 Å². The maximum absolute atomic E-state index is 13.4. The summed E-state index contributed by atoms with van der Waals surface area (Å²) in [5.41, 5.74) is 3.16. The Bertz CT molecular complexity index is 1160. The second-order valence-corrected chi connectivity index (χ2v) is 8.74. The second-order valence-electron chi connectivity index (χ2n) is 8.74. The molecule has 1 atom stereocenters. The van der Waals surface area contributed by atoms with E-state index >= 15 is 0 Å². The van der Waals surface area contributed by atoms with E-state index in [0.717, 1.165) is 11.1 Å². The number of nitrogens with zero attached hydrogens (tertiary/aromatic N) is 2. The van der Waals surface area contributed by atoms with E-state index in [-0.39, 0.29) is 11.7 Å². The van der Waals surface area contributed by atoms with Crippen LogP contribution in [0.1, 0.15) is 47.9 Å². The van der Waals surface area contributed by atoms with Crippen molar-refractivity contribution in [2.45, 2.75) is 26.3 Å². The van der Waals surface area contributed by atoms with Crippen molar-refractivity contribution in [3.63, 3.8) is 0 Å². The molecule has 0 bridgehead atoms. The van der Waals surface area contributed by atoms with Crippen molar-refractivity contribution in [3.8, 4) is 28.5 Å². The Morgan fingerprint density at radius 1 is 1.15 bits per heavy atom. The van der Waals surface area contributed by atoms with E-state index < -0.39 is 6.04 Å². The van der Waals surface area contributed by atoms with Crippen LogP contribution in [0.2, 0.25) is 0 Å². The number of phenols is 1. The van der Waals surface area contributed by atoms with Gasteiger partial charge in [0.15, 0.2) is 11.5 Å². The predicted octanol–water partition coefficient (Wildman–Crippen LogP) is 4.41. The standard InChI is InChI=1S/C26H31N3O5/c1-16(2)15-34-20-11-10-17(14-21(20)33-4)25-22-23(18-8-5-6-9-19(18)30)27-28-24(22)26(31)29(25)12-7-13-32-3/h5-6,8-11,14,16,25,30H,7,12-13,15H2,1-4H3,(H,27,28)/t25-/m0/s1. The topological polar surface area (TPSA) is 96.9 Å². The van der Waals surface area contributed by atoms with Crippen molar-refractivity contribution in [2.24, 2.45) is 5.92 Å². The van der Waals surface area contributed by atoms with Crippen molar-refractivity contribution in [1.82, 2.24) is 15.1 Å². The lowest BCUT2D eigenvalue weighted by Gasteiger charge is -2.27. The summed E-state index contributed by atoms with van der Waals surface area (Å²) in [4.78, 5) is 15.2. The lowest BCUT2D eigenvalue weighted by atomic mass is 9.95. The summed E-state index contributed by atoms with van der Waals surface area (Å²) in [7, 11) is 3.25. The van der Waals surface area contributed by atoms with Gasteiger partial charge in [-0.25, -0.2) is 0 Å². The fraction of sp³-hybridized carbons (Fsp3) is 0.385. The summed E-state index contributed by atoms with van der Waals surface area (Å²) < 4.78 is 16.8. The first kappa shape index (κ1) is 23.6. The highest BCUT2D eigenvalue weighted by Gasteiger charge is 2.42. The maximum atomic E-state index is 13.4. The van der Waals surface area contributed by atoms with Crippen LogP contribution in [0.25, 0.3) is 11.3 Å². The predicted molar refractivity (Wildman–Crippen MR) is 128 cm³/mol. The fourth-order valence-corrected chi connectivity index (χ4v) is 4.26. The Kier molecular flexibility index (Phi) is 7.07. The number of aromatic nitrogens is 2. The SMILES string of the molecule is COCCCN1C(=O)c2[nH]nc(-c3ccccc3O)c2[C@@H]1c1ccc(OCC(C)C)c(OC)c1. The van der Waals surface area contributed by atoms with Crippen LogP contribution in [-0.4, -0.2) is 60.1 Å². The van der Waals surface area contributed by atoms with Crippen LogP contribution >= 0.6 is 0 Å². The number of phenolic OH excluding ortho intramolecular Hbond substituents is 1. The van der Waals surface area contributed by atoms with Gasteiger partial charge < -0.3 is 24.2 Å². The first-order valence-corrected chi connectivity index (χ1v) is 11.4. The molecule has 180 valence electrons. The van der Waals surface area contributed by atoms with E-state index in [4.69, 9.17) is 14.2 Å². The minimum absolute atomic E-state index is 0.107. The van der Waals surface area contributed by atoms with E-state index in [9.17, 15) is 9.90 Å². The van der Waals surface area contributed by atoms with Gasteiger partial charge in [-0.1, -0.05) is 32.0 Å². The van der Waals surface area contributed by atoms with Gasteiger partial charge in [-0.15, -0.1) is 0 Å². The number of ether oxygens (including phenoxy) is 3. The Labute approximate surface area is 199 Å². The minimum Gasteiger partial charge on any atom is -0.507 e. The molecule has 0 unspecified atom stereocenters. The Balaban J connectivity index is 1.80. The number of para-hydroxylation sites is 1. The van der Waals surface area contributed by atoms with Crippen molar-refractivity contribution in [3.05, 3.63) is 59.3 Å². The first-order chi connectivity index (χ1) is 16.5. The summed E-state index contributed by atoms with van der Waals surface area (Å²) in [5, 5.41) is 17.8. The van der Waals surface area contributed by atoms with Crippen LogP contribution in [0.15, 0.2) is 42.5 Å². The van der Waals surface area contributed by atoms with E-state index in [0.29, 0.717) is 60.5 Å². The average molecular weight is 466 g/mol. The number of hydrogen-bond donors (Lipinski definition) is 2. The Morgan fingerprint density at radius 3 is 2.65 bits per heavy atom. The molecule has 0 saturated heterocycles. The third-order valence-electron chi connectivity index (χ3n) is 5.85. The van der Waals surface area contributed by atoms with E-state index in [2.05, 4.69) is 24.0 Å². The smallest absolute Gasteiger partial charge is 0.273 e. The molecule has 0 saturated carbocycles. The third-order valence-corrected chi connectivity index (χ3v) is 5.85. The van der Waals surface area contributed by atoms with Crippen molar-refractivity contribution in [1.29, 1.82) is 0 Å². The van der Waals surface area contributed by atoms with Gasteiger partial charge in [0.2, 0.25) is 0 Å². The zero-order chi connectivity index (χ0) is 24.2. The fourth-order valence-electron chi connectivity index (χ4n) is 4.26. The zero-order valence-electron chi connectivity index (χ0n) is 20.0. The van der Waals surface area contributed by atoms with Crippen molar-refractivity contribution < 1.29 is 24.1 Å². The van der Waals surface area contributed by atoms with Crippen molar-refractivity contribution >= 4 is 5.91 Å². The lowest BCUT2D eigenvalue weighted by Crippen LogP contribution is -2.31. The molecule has 8 heteroatoms. The molecular weight excluding hydrogens is 434 g/mol. The van der Waals surface area contributed by atoms with Gasteiger partial charge in [-0.05, 0) is 42.2 Å². The van der Waals surface area contributed by atoms with Gasteiger partial charge in [0.25, 0.3) is 5.91 Å². The molecule has 1 aliphatic rings. The molecule has 1 amide bonds. The number of methoxy groups -OCH3 is 2. The number of aromatic amines is 1. The highest BCUT2D eigenvalue weighted by molar-refractivity contribution is 6.00. The van der Waals surface area contributed by atoms with Gasteiger partial charge in [0, 0.05) is 31.4 Å². The number of benzene rings is 2. The molecule has 0 aliphatic carbocycles.